The Balaban J connectivity index is 2.29. The van der Waals surface area contributed by atoms with E-state index < -0.39 is 11.1 Å². The molecule has 1 unspecified atom stereocenters. The van der Waals surface area contributed by atoms with Crippen LogP contribution in [0.3, 0.4) is 0 Å². The molecule has 1 aliphatic heterocycles. The third-order valence-corrected chi connectivity index (χ3v) is 5.03. The summed E-state index contributed by atoms with van der Waals surface area (Å²) in [6.45, 7) is 6.27. The smallest absolute Gasteiger partial charge is 0.249 e. The van der Waals surface area contributed by atoms with Gasteiger partial charge in [-0.2, -0.15) is 0 Å². The van der Waals surface area contributed by atoms with Gasteiger partial charge in [-0.25, -0.2) is 0 Å². The molecule has 0 aromatic heterocycles. The third kappa shape index (κ3) is 2.80. The largest absolute Gasteiger partial charge is 0.385 e. The number of ether oxygens (including phenoxy) is 1. The molecule has 0 bridgehead atoms. The Kier molecular flexibility index (Phi) is 4.61. The molecule has 0 aromatic rings. The van der Waals surface area contributed by atoms with Gasteiger partial charge in [0.1, 0.15) is 11.1 Å². The molecule has 2 fully saturated rings. The minimum atomic E-state index is -0.799. The van der Waals surface area contributed by atoms with Crippen LogP contribution in [0.15, 0.2) is 0 Å². The van der Waals surface area contributed by atoms with Gasteiger partial charge in [0, 0.05) is 19.8 Å². The molecule has 1 aliphatic carbocycles. The highest BCUT2D eigenvalue weighted by molar-refractivity contribution is 6.02. The van der Waals surface area contributed by atoms with Crippen LogP contribution < -0.4 is 5.32 Å². The first-order valence-electron chi connectivity index (χ1n) is 8.00. The summed E-state index contributed by atoms with van der Waals surface area (Å²) in [5, 5.41) is 3.05. The van der Waals surface area contributed by atoms with E-state index in [0.717, 1.165) is 38.5 Å². The van der Waals surface area contributed by atoms with Gasteiger partial charge < -0.3 is 15.0 Å². The minimum Gasteiger partial charge on any atom is -0.385 e. The number of nitrogens with one attached hydrogen (secondary N) is 1. The van der Waals surface area contributed by atoms with E-state index in [1.807, 2.05) is 20.8 Å². The molecule has 2 aliphatic rings. The summed E-state index contributed by atoms with van der Waals surface area (Å²) >= 11 is 0. The molecule has 0 aromatic carbocycles. The lowest BCUT2D eigenvalue weighted by Crippen LogP contribution is -2.75. The van der Waals surface area contributed by atoms with Crippen LogP contribution in [0.25, 0.3) is 0 Å². The molecular weight excluding hydrogens is 268 g/mol. The molecule has 1 heterocycles. The molecule has 1 saturated carbocycles. The van der Waals surface area contributed by atoms with Crippen molar-refractivity contribution in [3.05, 3.63) is 0 Å². The molecule has 2 amide bonds. The summed E-state index contributed by atoms with van der Waals surface area (Å²) in [6, 6.07) is -0.00250. The van der Waals surface area contributed by atoms with Crippen molar-refractivity contribution in [2.24, 2.45) is 0 Å². The Morgan fingerprint density at radius 1 is 1.24 bits per heavy atom. The predicted octanol–water partition coefficient (Wildman–Crippen LogP) is 1.85. The summed E-state index contributed by atoms with van der Waals surface area (Å²) in [4.78, 5) is 27.5. The summed E-state index contributed by atoms with van der Waals surface area (Å²) in [7, 11) is 1.66. The van der Waals surface area contributed by atoms with Crippen molar-refractivity contribution in [3.63, 3.8) is 0 Å². The highest BCUT2D eigenvalue weighted by atomic mass is 16.5. The van der Waals surface area contributed by atoms with Crippen LogP contribution in [0.1, 0.15) is 59.3 Å². The number of carbonyl (C=O) groups excluding carboxylic acids is 2. The summed E-state index contributed by atoms with van der Waals surface area (Å²) in [5.41, 5.74) is -1.46. The van der Waals surface area contributed by atoms with Gasteiger partial charge in [-0.1, -0.05) is 19.3 Å². The van der Waals surface area contributed by atoms with Gasteiger partial charge in [0.25, 0.3) is 0 Å². The zero-order chi connectivity index (χ0) is 15.7. The number of nitrogens with zero attached hydrogens (tertiary/aromatic N) is 1. The summed E-state index contributed by atoms with van der Waals surface area (Å²) in [5.74, 6) is 0.0590. The maximum Gasteiger partial charge on any atom is 0.249 e. The number of hydrogen-bond donors (Lipinski definition) is 1. The van der Waals surface area contributed by atoms with Gasteiger partial charge >= 0.3 is 0 Å². The van der Waals surface area contributed by atoms with Crippen LogP contribution in [-0.2, 0) is 14.3 Å². The van der Waals surface area contributed by atoms with Crippen LogP contribution in [0.4, 0.5) is 0 Å². The average molecular weight is 296 g/mol. The lowest BCUT2D eigenvalue weighted by Gasteiger charge is -2.53. The maximum absolute atomic E-state index is 13.1. The van der Waals surface area contributed by atoms with Crippen molar-refractivity contribution in [3.8, 4) is 0 Å². The SMILES string of the molecule is COCCC(C)N1C(=O)C2(CCCCC2)NC(=O)C1(C)C. The molecule has 1 spiro atoms. The van der Waals surface area contributed by atoms with E-state index in [4.69, 9.17) is 4.74 Å². The van der Waals surface area contributed by atoms with E-state index in [-0.39, 0.29) is 17.9 Å². The van der Waals surface area contributed by atoms with E-state index in [1.165, 1.54) is 0 Å². The lowest BCUT2D eigenvalue weighted by atomic mass is 9.76. The number of rotatable bonds is 4. The third-order valence-electron chi connectivity index (χ3n) is 5.03. The zero-order valence-electron chi connectivity index (χ0n) is 13.7. The van der Waals surface area contributed by atoms with Gasteiger partial charge in [-0.05, 0) is 40.0 Å². The van der Waals surface area contributed by atoms with Crippen molar-refractivity contribution in [2.75, 3.05) is 13.7 Å². The number of carbonyl (C=O) groups is 2. The Hall–Kier alpha value is -1.10. The monoisotopic (exact) mass is 296 g/mol. The lowest BCUT2D eigenvalue weighted by molar-refractivity contribution is -0.166. The molecule has 120 valence electrons. The Labute approximate surface area is 127 Å². The Morgan fingerprint density at radius 2 is 1.86 bits per heavy atom. The molecule has 21 heavy (non-hydrogen) atoms. The number of piperazine rings is 1. The fraction of sp³-hybridized carbons (Fsp3) is 0.875. The topological polar surface area (TPSA) is 58.6 Å². The summed E-state index contributed by atoms with van der Waals surface area (Å²) < 4.78 is 5.13. The quantitative estimate of drug-likeness (QED) is 0.861. The van der Waals surface area contributed by atoms with E-state index in [0.29, 0.717) is 6.61 Å². The molecule has 1 atom stereocenters. The standard InChI is InChI=1S/C16H28N2O3/c1-12(8-11-21-4)18-14(20)16(9-6-5-7-10-16)17-13(19)15(18,2)3/h12H,5-11H2,1-4H3,(H,17,19). The van der Waals surface area contributed by atoms with Gasteiger partial charge in [-0.15, -0.1) is 0 Å². The number of hydrogen-bond acceptors (Lipinski definition) is 3. The van der Waals surface area contributed by atoms with Crippen LogP contribution in [0.5, 0.6) is 0 Å². The predicted molar refractivity (Wildman–Crippen MR) is 80.8 cm³/mol. The van der Waals surface area contributed by atoms with Crippen LogP contribution >= 0.6 is 0 Å². The molecule has 5 heteroatoms. The van der Waals surface area contributed by atoms with Gasteiger partial charge in [0.05, 0.1) is 0 Å². The minimum absolute atomic E-state index is 0.00250. The van der Waals surface area contributed by atoms with Crippen molar-refractivity contribution in [2.45, 2.75) is 76.4 Å². The first-order valence-corrected chi connectivity index (χ1v) is 8.00. The average Bonchev–Trinajstić information content (AvgIpc) is 2.44. The van der Waals surface area contributed by atoms with Gasteiger partial charge in [0.2, 0.25) is 11.8 Å². The zero-order valence-corrected chi connectivity index (χ0v) is 13.7. The summed E-state index contributed by atoms with van der Waals surface area (Å²) in [6.07, 6.45) is 5.43. The van der Waals surface area contributed by atoms with E-state index in [1.54, 1.807) is 12.0 Å². The number of amides is 2. The second-order valence-corrected chi connectivity index (χ2v) is 6.96. The van der Waals surface area contributed by atoms with Crippen molar-refractivity contribution in [1.82, 2.24) is 10.2 Å². The first-order chi connectivity index (χ1) is 9.85. The first kappa shape index (κ1) is 16.3. The fourth-order valence-corrected chi connectivity index (χ4v) is 3.68. The Bertz CT molecular complexity index is 414. The second-order valence-electron chi connectivity index (χ2n) is 6.96. The van der Waals surface area contributed by atoms with E-state index >= 15 is 0 Å². The van der Waals surface area contributed by atoms with E-state index in [2.05, 4.69) is 5.32 Å². The molecule has 1 saturated heterocycles. The molecule has 0 radical (unpaired) electrons. The number of methoxy groups -OCH3 is 1. The highest BCUT2D eigenvalue weighted by Gasteiger charge is 2.55. The maximum atomic E-state index is 13.1. The van der Waals surface area contributed by atoms with Crippen LogP contribution in [-0.4, -0.2) is 47.6 Å². The Morgan fingerprint density at radius 3 is 2.43 bits per heavy atom. The van der Waals surface area contributed by atoms with Gasteiger partial charge in [0.15, 0.2) is 0 Å². The molecule has 1 N–H and O–H groups in total. The molecule has 2 rings (SSSR count). The van der Waals surface area contributed by atoms with Crippen molar-refractivity contribution < 1.29 is 14.3 Å². The molecular formula is C16H28N2O3. The van der Waals surface area contributed by atoms with Crippen molar-refractivity contribution >= 4 is 11.8 Å². The van der Waals surface area contributed by atoms with Crippen LogP contribution in [0, 0.1) is 0 Å². The highest BCUT2D eigenvalue weighted by Crippen LogP contribution is 2.37. The van der Waals surface area contributed by atoms with Crippen molar-refractivity contribution in [1.29, 1.82) is 0 Å². The normalized spacial score (nSPS) is 25.8. The van der Waals surface area contributed by atoms with Crippen LogP contribution in [0.2, 0.25) is 0 Å². The fourth-order valence-electron chi connectivity index (χ4n) is 3.68. The van der Waals surface area contributed by atoms with E-state index in [9.17, 15) is 9.59 Å². The molecule has 5 nitrogen and oxygen atoms in total. The second kappa shape index (κ2) is 5.95. The van der Waals surface area contributed by atoms with Gasteiger partial charge in [-0.3, -0.25) is 9.59 Å².